The zero-order valence-electron chi connectivity index (χ0n) is 16.7. The van der Waals surface area contributed by atoms with Gasteiger partial charge in [-0.2, -0.15) is 0 Å². The Morgan fingerprint density at radius 2 is 2.10 bits per heavy atom. The smallest absolute Gasteiger partial charge is 0.129 e. The third-order valence-electron chi connectivity index (χ3n) is 5.13. The molecule has 2 aromatic heterocycles. The fourth-order valence-electron chi connectivity index (χ4n) is 3.68. The average molecular weight is 390 g/mol. The summed E-state index contributed by atoms with van der Waals surface area (Å²) >= 11 is 0. The monoisotopic (exact) mass is 390 g/mol. The maximum atomic E-state index is 8.72. The van der Waals surface area contributed by atoms with Crippen LogP contribution in [-0.2, 0) is 0 Å². The standard InChI is InChI=1S/C22H26N6O/c1-15(2)29-18-3-4-20(23)19(12-18)22(24)16-5-7-26-21(11-16)27-9-6-17(13-27)28-10-8-25-14-28/h3-5,7-8,10-12,14-15,17,24H,6,9,13,23H2,1-2H3. The molecule has 1 saturated heterocycles. The first-order valence-corrected chi connectivity index (χ1v) is 9.85. The molecule has 7 nitrogen and oxygen atoms in total. The van der Waals surface area contributed by atoms with Crippen molar-refractivity contribution in [1.29, 1.82) is 5.41 Å². The maximum Gasteiger partial charge on any atom is 0.129 e. The Kier molecular flexibility index (Phi) is 5.20. The molecule has 3 aromatic rings. The summed E-state index contributed by atoms with van der Waals surface area (Å²) in [5.41, 5.74) is 8.54. The molecule has 0 bridgehead atoms. The topological polar surface area (TPSA) is 93.0 Å². The predicted octanol–water partition coefficient (Wildman–Crippen LogP) is 3.52. The Bertz CT molecular complexity index is 998. The number of nitrogens with two attached hydrogens (primary N) is 1. The van der Waals surface area contributed by atoms with Gasteiger partial charge in [-0.3, -0.25) is 5.41 Å². The first kappa shape index (κ1) is 19.0. The van der Waals surface area contributed by atoms with E-state index in [0.717, 1.165) is 30.9 Å². The number of benzene rings is 1. The summed E-state index contributed by atoms with van der Waals surface area (Å²) in [4.78, 5) is 10.9. The summed E-state index contributed by atoms with van der Waals surface area (Å²) in [6.07, 6.45) is 8.54. The molecule has 1 atom stereocenters. The average Bonchev–Trinajstić information content (AvgIpc) is 3.40. The molecule has 0 aliphatic carbocycles. The largest absolute Gasteiger partial charge is 0.491 e. The van der Waals surface area contributed by atoms with Crippen LogP contribution in [0.2, 0.25) is 0 Å². The van der Waals surface area contributed by atoms with Crippen molar-refractivity contribution >= 4 is 17.2 Å². The molecule has 1 unspecified atom stereocenters. The number of nitrogen functional groups attached to an aromatic ring is 1. The second kappa shape index (κ2) is 7.95. The highest BCUT2D eigenvalue weighted by Crippen LogP contribution is 2.28. The number of rotatable bonds is 6. The van der Waals surface area contributed by atoms with Crippen molar-refractivity contribution in [3.8, 4) is 5.75 Å². The van der Waals surface area contributed by atoms with Gasteiger partial charge < -0.3 is 19.9 Å². The van der Waals surface area contributed by atoms with Crippen molar-refractivity contribution in [2.75, 3.05) is 23.7 Å². The third kappa shape index (κ3) is 4.08. The van der Waals surface area contributed by atoms with Crippen molar-refractivity contribution in [3.63, 3.8) is 0 Å². The molecule has 1 aliphatic heterocycles. The quantitative estimate of drug-likeness (QED) is 0.496. The van der Waals surface area contributed by atoms with E-state index in [4.69, 9.17) is 15.9 Å². The minimum atomic E-state index is 0.0618. The highest BCUT2D eigenvalue weighted by molar-refractivity contribution is 6.14. The van der Waals surface area contributed by atoms with Crippen molar-refractivity contribution in [3.05, 3.63) is 66.4 Å². The number of ether oxygens (including phenoxy) is 1. The molecule has 150 valence electrons. The minimum Gasteiger partial charge on any atom is -0.491 e. The third-order valence-corrected chi connectivity index (χ3v) is 5.13. The summed E-state index contributed by atoms with van der Waals surface area (Å²) in [6.45, 7) is 5.75. The van der Waals surface area contributed by atoms with Crippen molar-refractivity contribution in [2.24, 2.45) is 0 Å². The fourth-order valence-corrected chi connectivity index (χ4v) is 3.68. The van der Waals surface area contributed by atoms with E-state index < -0.39 is 0 Å². The Morgan fingerprint density at radius 3 is 2.86 bits per heavy atom. The first-order chi connectivity index (χ1) is 14.0. The van der Waals surface area contributed by atoms with E-state index in [1.807, 2.05) is 56.8 Å². The molecule has 1 fully saturated rings. The molecule has 3 heterocycles. The van der Waals surface area contributed by atoms with Gasteiger partial charge in [0.15, 0.2) is 0 Å². The Morgan fingerprint density at radius 1 is 1.24 bits per heavy atom. The van der Waals surface area contributed by atoms with Gasteiger partial charge >= 0.3 is 0 Å². The number of anilines is 2. The van der Waals surface area contributed by atoms with Crippen molar-refractivity contribution < 1.29 is 4.74 Å². The summed E-state index contributed by atoms with van der Waals surface area (Å²) < 4.78 is 7.91. The van der Waals surface area contributed by atoms with Crippen LogP contribution in [0, 0.1) is 5.41 Å². The molecular weight excluding hydrogens is 364 g/mol. The molecule has 0 saturated carbocycles. The molecular formula is C22H26N6O. The summed E-state index contributed by atoms with van der Waals surface area (Å²) in [5, 5.41) is 8.72. The fraction of sp³-hybridized carbons (Fsp3) is 0.318. The number of imidazole rings is 1. The molecule has 7 heteroatoms. The van der Waals surface area contributed by atoms with Crippen LogP contribution in [0.15, 0.2) is 55.2 Å². The second-order valence-corrected chi connectivity index (χ2v) is 7.59. The maximum absolute atomic E-state index is 8.72. The second-order valence-electron chi connectivity index (χ2n) is 7.59. The van der Waals surface area contributed by atoms with Gasteiger partial charge in [-0.15, -0.1) is 0 Å². The zero-order valence-corrected chi connectivity index (χ0v) is 16.7. The first-order valence-electron chi connectivity index (χ1n) is 9.85. The predicted molar refractivity (Wildman–Crippen MR) is 115 cm³/mol. The number of aromatic nitrogens is 3. The van der Waals surface area contributed by atoms with E-state index in [1.165, 1.54) is 0 Å². The molecule has 29 heavy (non-hydrogen) atoms. The van der Waals surface area contributed by atoms with Gasteiger partial charge in [0.05, 0.1) is 24.2 Å². The van der Waals surface area contributed by atoms with Crippen LogP contribution in [0.3, 0.4) is 0 Å². The minimum absolute atomic E-state index is 0.0618. The van der Waals surface area contributed by atoms with Gasteiger partial charge in [0.1, 0.15) is 11.6 Å². The lowest BCUT2D eigenvalue weighted by Gasteiger charge is -2.19. The summed E-state index contributed by atoms with van der Waals surface area (Å²) in [7, 11) is 0. The molecule has 3 N–H and O–H groups in total. The van der Waals surface area contributed by atoms with Gasteiger partial charge in [0, 0.05) is 48.5 Å². The number of hydrogen-bond acceptors (Lipinski definition) is 6. The van der Waals surface area contributed by atoms with E-state index >= 15 is 0 Å². The van der Waals surface area contributed by atoms with Gasteiger partial charge in [0.25, 0.3) is 0 Å². The number of nitrogens with zero attached hydrogens (tertiary/aromatic N) is 4. The molecule has 0 radical (unpaired) electrons. The van der Waals surface area contributed by atoms with Crippen LogP contribution in [0.5, 0.6) is 5.75 Å². The highest BCUT2D eigenvalue weighted by Gasteiger charge is 2.25. The van der Waals surface area contributed by atoms with E-state index in [0.29, 0.717) is 28.8 Å². The zero-order chi connectivity index (χ0) is 20.4. The van der Waals surface area contributed by atoms with E-state index in [-0.39, 0.29) is 6.10 Å². The normalized spacial score (nSPS) is 16.4. The van der Waals surface area contributed by atoms with Crippen LogP contribution in [0.25, 0.3) is 0 Å². The van der Waals surface area contributed by atoms with Crippen LogP contribution in [0.1, 0.15) is 37.4 Å². The van der Waals surface area contributed by atoms with Crippen LogP contribution < -0.4 is 15.4 Å². The Balaban J connectivity index is 1.55. The van der Waals surface area contributed by atoms with Gasteiger partial charge in [-0.1, -0.05) is 0 Å². The van der Waals surface area contributed by atoms with E-state index in [2.05, 4.69) is 19.4 Å². The van der Waals surface area contributed by atoms with Crippen LogP contribution >= 0.6 is 0 Å². The van der Waals surface area contributed by atoms with E-state index in [9.17, 15) is 0 Å². The lowest BCUT2D eigenvalue weighted by atomic mass is 10.0. The van der Waals surface area contributed by atoms with Crippen molar-refractivity contribution in [1.82, 2.24) is 14.5 Å². The van der Waals surface area contributed by atoms with Gasteiger partial charge in [-0.25, -0.2) is 9.97 Å². The Labute approximate surface area is 170 Å². The highest BCUT2D eigenvalue weighted by atomic mass is 16.5. The summed E-state index contributed by atoms with van der Waals surface area (Å²) in [5.74, 6) is 1.59. The van der Waals surface area contributed by atoms with Crippen LogP contribution in [-0.4, -0.2) is 39.4 Å². The van der Waals surface area contributed by atoms with Crippen LogP contribution in [0.4, 0.5) is 11.5 Å². The lowest BCUT2D eigenvalue weighted by molar-refractivity contribution is 0.242. The number of hydrogen-bond donors (Lipinski definition) is 2. The number of nitrogens with one attached hydrogen (secondary N) is 1. The SMILES string of the molecule is CC(C)Oc1ccc(N)c(C(=N)c2ccnc(N3CCC(n4ccnc4)C3)c2)c1. The van der Waals surface area contributed by atoms with Gasteiger partial charge in [0.2, 0.25) is 0 Å². The number of pyridine rings is 1. The molecule has 1 aliphatic rings. The molecule has 1 aromatic carbocycles. The summed E-state index contributed by atoms with van der Waals surface area (Å²) in [6, 6.07) is 9.68. The van der Waals surface area contributed by atoms with Crippen molar-refractivity contribution in [2.45, 2.75) is 32.4 Å². The molecule has 4 rings (SSSR count). The Hall–Kier alpha value is -3.35. The lowest BCUT2D eigenvalue weighted by Crippen LogP contribution is -2.22. The molecule has 0 amide bonds. The van der Waals surface area contributed by atoms with E-state index in [1.54, 1.807) is 12.3 Å². The molecule has 0 spiro atoms. The van der Waals surface area contributed by atoms with Gasteiger partial charge in [-0.05, 0) is 50.6 Å².